The van der Waals surface area contributed by atoms with Gasteiger partial charge < -0.3 is 9.72 Å². The summed E-state index contributed by atoms with van der Waals surface area (Å²) in [6, 6.07) is 5.78. The molecule has 4 nitrogen and oxygen atoms in total. The second kappa shape index (κ2) is 4.77. The van der Waals surface area contributed by atoms with Crippen molar-refractivity contribution in [2.24, 2.45) is 0 Å². The number of fused-ring (bicyclic) bond motifs is 1. The predicted octanol–water partition coefficient (Wildman–Crippen LogP) is 1.71. The smallest absolute Gasteiger partial charge is 0.137 e. The molecule has 0 aliphatic heterocycles. The molecular weight excluding hydrogens is 200 g/mol. The van der Waals surface area contributed by atoms with Crippen LogP contribution in [0.5, 0.6) is 0 Å². The van der Waals surface area contributed by atoms with Gasteiger partial charge in [-0.15, -0.1) is 0 Å². The summed E-state index contributed by atoms with van der Waals surface area (Å²) in [5.41, 5.74) is 2.62. The van der Waals surface area contributed by atoms with Crippen molar-refractivity contribution in [2.75, 3.05) is 6.54 Å². The van der Waals surface area contributed by atoms with E-state index in [-0.39, 0.29) is 0 Å². The number of nitriles is 1. The lowest BCUT2D eigenvalue weighted by Crippen LogP contribution is -2.15. The Morgan fingerprint density at radius 2 is 2.38 bits per heavy atom. The molecule has 82 valence electrons. The Morgan fingerprint density at radius 3 is 3.12 bits per heavy atom. The Balaban J connectivity index is 2.28. The molecule has 0 spiro atoms. The lowest BCUT2D eigenvalue weighted by Gasteiger charge is -2.03. The topological polar surface area (TPSA) is 53.1 Å². The van der Waals surface area contributed by atoms with Gasteiger partial charge >= 0.3 is 0 Å². The standard InChI is InChI=1S/C12H14N4/c1-2-5-14-7-11-8-15-12-4-3-10(6-13)9-16(11)12/h3-4,8-9,14H,2,5,7H2,1H3. The van der Waals surface area contributed by atoms with Crippen LogP contribution in [0, 0.1) is 11.3 Å². The van der Waals surface area contributed by atoms with Crippen molar-refractivity contribution < 1.29 is 0 Å². The lowest BCUT2D eigenvalue weighted by atomic mass is 10.3. The summed E-state index contributed by atoms with van der Waals surface area (Å²) < 4.78 is 1.96. The van der Waals surface area contributed by atoms with Gasteiger partial charge in [-0.1, -0.05) is 6.92 Å². The summed E-state index contributed by atoms with van der Waals surface area (Å²) in [5, 5.41) is 12.2. The summed E-state index contributed by atoms with van der Waals surface area (Å²) in [5.74, 6) is 0. The molecule has 0 fully saturated rings. The van der Waals surface area contributed by atoms with Gasteiger partial charge in [-0.2, -0.15) is 5.26 Å². The third-order valence-corrected chi connectivity index (χ3v) is 2.44. The molecule has 2 rings (SSSR count). The number of pyridine rings is 1. The molecule has 0 saturated carbocycles. The van der Waals surface area contributed by atoms with Crippen molar-refractivity contribution in [3.63, 3.8) is 0 Å². The van der Waals surface area contributed by atoms with E-state index in [0.29, 0.717) is 5.56 Å². The van der Waals surface area contributed by atoms with Gasteiger partial charge in [-0.25, -0.2) is 4.98 Å². The first-order valence-corrected chi connectivity index (χ1v) is 5.42. The van der Waals surface area contributed by atoms with Crippen molar-refractivity contribution >= 4 is 5.65 Å². The third kappa shape index (κ3) is 2.05. The number of nitrogens with one attached hydrogen (secondary N) is 1. The van der Waals surface area contributed by atoms with Crippen molar-refractivity contribution in [3.8, 4) is 6.07 Å². The van der Waals surface area contributed by atoms with Gasteiger partial charge in [0, 0.05) is 12.7 Å². The molecule has 0 radical (unpaired) electrons. The first kappa shape index (κ1) is 10.7. The number of rotatable bonds is 4. The average molecular weight is 214 g/mol. The molecule has 2 aromatic rings. The van der Waals surface area contributed by atoms with Crippen LogP contribution < -0.4 is 5.32 Å². The fraction of sp³-hybridized carbons (Fsp3) is 0.333. The fourth-order valence-corrected chi connectivity index (χ4v) is 1.62. The molecule has 0 saturated heterocycles. The molecule has 0 atom stereocenters. The first-order chi connectivity index (χ1) is 7.85. The Bertz CT molecular complexity index is 521. The van der Waals surface area contributed by atoms with Crippen molar-refractivity contribution in [1.29, 1.82) is 5.26 Å². The highest BCUT2D eigenvalue weighted by molar-refractivity contribution is 5.44. The van der Waals surface area contributed by atoms with E-state index in [2.05, 4.69) is 23.3 Å². The van der Waals surface area contributed by atoms with Crippen LogP contribution in [0.3, 0.4) is 0 Å². The maximum Gasteiger partial charge on any atom is 0.137 e. The zero-order chi connectivity index (χ0) is 11.4. The summed E-state index contributed by atoms with van der Waals surface area (Å²) in [6.07, 6.45) is 4.78. The van der Waals surface area contributed by atoms with Crippen LogP contribution in [-0.4, -0.2) is 15.9 Å². The quantitative estimate of drug-likeness (QED) is 0.788. The maximum atomic E-state index is 8.84. The Labute approximate surface area is 94.5 Å². The maximum absolute atomic E-state index is 8.84. The summed E-state index contributed by atoms with van der Waals surface area (Å²) in [4.78, 5) is 4.29. The van der Waals surface area contributed by atoms with Gasteiger partial charge in [0.1, 0.15) is 11.7 Å². The number of hydrogen-bond acceptors (Lipinski definition) is 3. The number of aromatic nitrogens is 2. The molecule has 0 amide bonds. The van der Waals surface area contributed by atoms with Crippen LogP contribution in [0.2, 0.25) is 0 Å². The summed E-state index contributed by atoms with van der Waals surface area (Å²) in [7, 11) is 0. The number of hydrogen-bond donors (Lipinski definition) is 1. The minimum atomic E-state index is 0.655. The van der Waals surface area contributed by atoms with Crippen molar-refractivity contribution in [3.05, 3.63) is 35.8 Å². The van der Waals surface area contributed by atoms with Crippen LogP contribution in [0.15, 0.2) is 24.5 Å². The van der Waals surface area contributed by atoms with Crippen LogP contribution in [0.4, 0.5) is 0 Å². The summed E-state index contributed by atoms with van der Waals surface area (Å²) >= 11 is 0. The van der Waals surface area contributed by atoms with Crippen LogP contribution in [0.25, 0.3) is 5.65 Å². The van der Waals surface area contributed by atoms with E-state index in [1.165, 1.54) is 0 Å². The molecule has 0 aliphatic rings. The second-order valence-corrected chi connectivity index (χ2v) is 3.68. The molecule has 0 bridgehead atoms. The Morgan fingerprint density at radius 1 is 1.50 bits per heavy atom. The lowest BCUT2D eigenvalue weighted by molar-refractivity contribution is 0.661. The highest BCUT2D eigenvalue weighted by atomic mass is 15.0. The van der Waals surface area contributed by atoms with Crippen molar-refractivity contribution in [2.45, 2.75) is 19.9 Å². The van der Waals surface area contributed by atoms with E-state index in [1.54, 1.807) is 6.07 Å². The highest BCUT2D eigenvalue weighted by Gasteiger charge is 2.03. The number of imidazole rings is 1. The average Bonchev–Trinajstić information content (AvgIpc) is 2.72. The van der Waals surface area contributed by atoms with Gasteiger partial charge in [0.2, 0.25) is 0 Å². The van der Waals surface area contributed by atoms with Gasteiger partial charge in [0.05, 0.1) is 17.5 Å². The second-order valence-electron chi connectivity index (χ2n) is 3.68. The van der Waals surface area contributed by atoms with E-state index in [4.69, 9.17) is 5.26 Å². The minimum absolute atomic E-state index is 0.655. The van der Waals surface area contributed by atoms with E-state index >= 15 is 0 Å². The number of nitrogens with zero attached hydrogens (tertiary/aromatic N) is 3. The largest absolute Gasteiger partial charge is 0.311 e. The Kier molecular flexibility index (Phi) is 3.18. The minimum Gasteiger partial charge on any atom is -0.311 e. The van der Waals surface area contributed by atoms with Gasteiger partial charge in [-0.05, 0) is 25.1 Å². The van der Waals surface area contributed by atoms with Crippen LogP contribution >= 0.6 is 0 Å². The Hall–Kier alpha value is -1.86. The van der Waals surface area contributed by atoms with E-state index in [9.17, 15) is 0 Å². The zero-order valence-corrected chi connectivity index (χ0v) is 9.27. The molecule has 2 heterocycles. The van der Waals surface area contributed by atoms with Gasteiger partial charge in [-0.3, -0.25) is 0 Å². The molecule has 0 aromatic carbocycles. The van der Waals surface area contributed by atoms with Crippen LogP contribution in [0.1, 0.15) is 24.6 Å². The van der Waals surface area contributed by atoms with Crippen molar-refractivity contribution in [1.82, 2.24) is 14.7 Å². The SMILES string of the molecule is CCCNCc1cnc2ccc(C#N)cn12. The molecule has 0 unspecified atom stereocenters. The van der Waals surface area contributed by atoms with E-state index in [0.717, 1.165) is 30.9 Å². The molecule has 0 aliphatic carbocycles. The monoisotopic (exact) mass is 214 g/mol. The molecule has 2 aromatic heterocycles. The highest BCUT2D eigenvalue weighted by Crippen LogP contribution is 2.08. The predicted molar refractivity (Wildman–Crippen MR) is 61.9 cm³/mol. The normalized spacial score (nSPS) is 10.5. The first-order valence-electron chi connectivity index (χ1n) is 5.42. The summed E-state index contributed by atoms with van der Waals surface area (Å²) in [6.45, 7) is 3.91. The van der Waals surface area contributed by atoms with Gasteiger partial charge in [0.15, 0.2) is 0 Å². The van der Waals surface area contributed by atoms with E-state index < -0.39 is 0 Å². The zero-order valence-electron chi connectivity index (χ0n) is 9.27. The molecule has 1 N–H and O–H groups in total. The third-order valence-electron chi connectivity index (χ3n) is 2.44. The van der Waals surface area contributed by atoms with Gasteiger partial charge in [0.25, 0.3) is 0 Å². The van der Waals surface area contributed by atoms with Crippen LogP contribution in [-0.2, 0) is 6.54 Å². The van der Waals surface area contributed by atoms with E-state index in [1.807, 2.05) is 22.9 Å². The fourth-order valence-electron chi connectivity index (χ4n) is 1.62. The molecular formula is C12H14N4. The molecule has 16 heavy (non-hydrogen) atoms. The molecule has 4 heteroatoms.